The molecule has 0 saturated carbocycles. The summed E-state index contributed by atoms with van der Waals surface area (Å²) in [5.41, 5.74) is 0.593. The molecule has 0 atom stereocenters. The van der Waals surface area contributed by atoms with Crippen LogP contribution in [0.4, 0.5) is 4.39 Å². The monoisotopic (exact) mass is 280 g/mol. The van der Waals surface area contributed by atoms with Gasteiger partial charge in [0.15, 0.2) is 5.78 Å². The molecule has 0 spiro atoms. The molecular formula is C16H25FN2O. The molecule has 0 unspecified atom stereocenters. The third kappa shape index (κ3) is 6.26. The minimum absolute atomic E-state index is 0.0796. The zero-order valence-electron chi connectivity index (χ0n) is 12.7. The molecule has 0 fully saturated rings. The van der Waals surface area contributed by atoms with Crippen molar-refractivity contribution >= 4 is 5.78 Å². The Kier molecular flexibility index (Phi) is 7.41. The van der Waals surface area contributed by atoms with Crippen LogP contribution >= 0.6 is 0 Å². The van der Waals surface area contributed by atoms with E-state index in [1.807, 2.05) is 14.1 Å². The molecular weight excluding hydrogens is 255 g/mol. The van der Waals surface area contributed by atoms with Gasteiger partial charge < -0.3 is 9.80 Å². The second kappa shape index (κ2) is 8.82. The summed E-state index contributed by atoms with van der Waals surface area (Å²) in [7, 11) is 4.10. The van der Waals surface area contributed by atoms with E-state index < -0.39 is 0 Å². The lowest BCUT2D eigenvalue weighted by molar-refractivity contribution is 0.0962. The number of benzene rings is 1. The average Bonchev–Trinajstić information content (AvgIpc) is 2.42. The Morgan fingerprint density at radius 3 is 2.25 bits per heavy atom. The predicted octanol–water partition coefficient (Wildman–Crippen LogP) is 2.67. The standard InChI is InChI=1S/C16H25FN2O/c1-4-10-19(13-12-18(2)3)11-9-16(20)14-5-7-15(17)8-6-14/h5-8H,4,9-13H2,1-3H3. The first-order valence-electron chi connectivity index (χ1n) is 7.18. The number of hydrogen-bond donors (Lipinski definition) is 0. The van der Waals surface area contributed by atoms with Crippen molar-refractivity contribution in [3.8, 4) is 0 Å². The predicted molar refractivity (Wildman–Crippen MR) is 80.6 cm³/mol. The van der Waals surface area contributed by atoms with Gasteiger partial charge in [-0.2, -0.15) is 0 Å². The Balaban J connectivity index is 2.45. The minimum Gasteiger partial charge on any atom is -0.308 e. The van der Waals surface area contributed by atoms with E-state index in [2.05, 4.69) is 16.7 Å². The summed E-state index contributed by atoms with van der Waals surface area (Å²) in [5.74, 6) is -0.226. The molecule has 0 saturated heterocycles. The molecule has 3 nitrogen and oxygen atoms in total. The summed E-state index contributed by atoms with van der Waals surface area (Å²) in [5, 5.41) is 0. The summed E-state index contributed by atoms with van der Waals surface area (Å²) in [6, 6.07) is 5.79. The van der Waals surface area contributed by atoms with E-state index >= 15 is 0 Å². The molecule has 1 rings (SSSR count). The highest BCUT2D eigenvalue weighted by atomic mass is 19.1. The van der Waals surface area contributed by atoms with Gasteiger partial charge in [0, 0.05) is 31.6 Å². The number of halogens is 1. The van der Waals surface area contributed by atoms with E-state index in [1.165, 1.54) is 12.1 Å². The van der Waals surface area contributed by atoms with Crippen molar-refractivity contribution in [3.05, 3.63) is 35.6 Å². The number of carbonyl (C=O) groups is 1. The fourth-order valence-corrected chi connectivity index (χ4v) is 2.03. The van der Waals surface area contributed by atoms with E-state index in [-0.39, 0.29) is 11.6 Å². The third-order valence-corrected chi connectivity index (χ3v) is 3.22. The summed E-state index contributed by atoms with van der Waals surface area (Å²) >= 11 is 0. The molecule has 0 aliphatic rings. The van der Waals surface area contributed by atoms with Crippen molar-refractivity contribution < 1.29 is 9.18 Å². The lowest BCUT2D eigenvalue weighted by atomic mass is 10.1. The van der Waals surface area contributed by atoms with Gasteiger partial charge in [-0.05, 0) is 51.3 Å². The van der Waals surface area contributed by atoms with Crippen molar-refractivity contribution in [2.75, 3.05) is 40.3 Å². The van der Waals surface area contributed by atoms with E-state index in [4.69, 9.17) is 0 Å². The summed E-state index contributed by atoms with van der Waals surface area (Å²) < 4.78 is 12.8. The number of hydrogen-bond acceptors (Lipinski definition) is 3. The van der Waals surface area contributed by atoms with Crippen molar-refractivity contribution in [1.82, 2.24) is 9.80 Å². The molecule has 112 valence electrons. The number of nitrogens with zero attached hydrogens (tertiary/aromatic N) is 2. The van der Waals surface area contributed by atoms with Crippen LogP contribution < -0.4 is 0 Å². The van der Waals surface area contributed by atoms with Crippen molar-refractivity contribution in [2.45, 2.75) is 19.8 Å². The number of likely N-dealkylation sites (N-methyl/N-ethyl adjacent to an activating group) is 1. The van der Waals surface area contributed by atoms with Crippen LogP contribution in [0.1, 0.15) is 30.1 Å². The Hall–Kier alpha value is -1.26. The molecule has 0 bridgehead atoms. The summed E-state index contributed by atoms with van der Waals surface area (Å²) in [4.78, 5) is 16.5. The van der Waals surface area contributed by atoms with Crippen molar-refractivity contribution in [1.29, 1.82) is 0 Å². The van der Waals surface area contributed by atoms with Gasteiger partial charge in [0.1, 0.15) is 5.82 Å². The van der Waals surface area contributed by atoms with Crippen LogP contribution in [0.2, 0.25) is 0 Å². The maximum absolute atomic E-state index is 12.8. The lowest BCUT2D eigenvalue weighted by Crippen LogP contribution is -2.34. The number of ketones is 1. The Morgan fingerprint density at radius 1 is 1.05 bits per heavy atom. The first kappa shape index (κ1) is 16.8. The van der Waals surface area contributed by atoms with Gasteiger partial charge in [-0.1, -0.05) is 6.92 Å². The Morgan fingerprint density at radius 2 is 1.70 bits per heavy atom. The molecule has 0 aliphatic heterocycles. The fourth-order valence-electron chi connectivity index (χ4n) is 2.03. The fraction of sp³-hybridized carbons (Fsp3) is 0.562. The van der Waals surface area contributed by atoms with E-state index in [0.717, 1.165) is 32.6 Å². The molecule has 0 N–H and O–H groups in total. The van der Waals surface area contributed by atoms with Gasteiger partial charge in [-0.15, -0.1) is 0 Å². The van der Waals surface area contributed by atoms with E-state index in [0.29, 0.717) is 12.0 Å². The van der Waals surface area contributed by atoms with Crippen molar-refractivity contribution in [3.63, 3.8) is 0 Å². The van der Waals surface area contributed by atoms with Gasteiger partial charge in [0.25, 0.3) is 0 Å². The van der Waals surface area contributed by atoms with Crippen LogP contribution in [0.15, 0.2) is 24.3 Å². The van der Waals surface area contributed by atoms with Crippen LogP contribution in [0.3, 0.4) is 0 Å². The van der Waals surface area contributed by atoms with Gasteiger partial charge in [-0.3, -0.25) is 4.79 Å². The van der Waals surface area contributed by atoms with Gasteiger partial charge in [0.05, 0.1) is 0 Å². The van der Waals surface area contributed by atoms with Crippen LogP contribution in [0.5, 0.6) is 0 Å². The van der Waals surface area contributed by atoms with Crippen LogP contribution in [-0.2, 0) is 0 Å². The molecule has 0 radical (unpaired) electrons. The first-order valence-corrected chi connectivity index (χ1v) is 7.18. The molecule has 0 aliphatic carbocycles. The smallest absolute Gasteiger partial charge is 0.164 e. The highest BCUT2D eigenvalue weighted by molar-refractivity contribution is 5.96. The van der Waals surface area contributed by atoms with Crippen molar-refractivity contribution in [2.24, 2.45) is 0 Å². The van der Waals surface area contributed by atoms with Gasteiger partial charge in [0.2, 0.25) is 0 Å². The molecule has 4 heteroatoms. The minimum atomic E-state index is -0.305. The largest absolute Gasteiger partial charge is 0.308 e. The average molecular weight is 280 g/mol. The number of Topliss-reactive ketones (excluding diaryl/α,β-unsaturated/α-hetero) is 1. The van der Waals surface area contributed by atoms with Gasteiger partial charge >= 0.3 is 0 Å². The topological polar surface area (TPSA) is 23.6 Å². The number of rotatable bonds is 9. The highest BCUT2D eigenvalue weighted by Gasteiger charge is 2.10. The lowest BCUT2D eigenvalue weighted by Gasteiger charge is -2.23. The second-order valence-corrected chi connectivity index (χ2v) is 5.32. The normalized spacial score (nSPS) is 11.3. The molecule has 0 heterocycles. The molecule has 20 heavy (non-hydrogen) atoms. The summed E-state index contributed by atoms with van der Waals surface area (Å²) in [6.07, 6.45) is 1.57. The van der Waals surface area contributed by atoms with Crippen LogP contribution in [0, 0.1) is 5.82 Å². The van der Waals surface area contributed by atoms with Crippen LogP contribution in [0.25, 0.3) is 0 Å². The Labute approximate surface area is 121 Å². The first-order chi connectivity index (χ1) is 9.52. The summed E-state index contributed by atoms with van der Waals surface area (Å²) in [6.45, 7) is 5.87. The SMILES string of the molecule is CCCN(CCC(=O)c1ccc(F)cc1)CCN(C)C. The van der Waals surface area contributed by atoms with Gasteiger partial charge in [-0.25, -0.2) is 4.39 Å². The molecule has 0 amide bonds. The highest BCUT2D eigenvalue weighted by Crippen LogP contribution is 2.07. The quantitative estimate of drug-likeness (QED) is 0.650. The molecule has 0 aromatic heterocycles. The zero-order valence-corrected chi connectivity index (χ0v) is 12.7. The van der Waals surface area contributed by atoms with Crippen LogP contribution in [-0.4, -0.2) is 55.9 Å². The maximum atomic E-state index is 12.8. The van der Waals surface area contributed by atoms with E-state index in [9.17, 15) is 9.18 Å². The third-order valence-electron chi connectivity index (χ3n) is 3.22. The number of carbonyl (C=O) groups excluding carboxylic acids is 1. The second-order valence-electron chi connectivity index (χ2n) is 5.32. The maximum Gasteiger partial charge on any atom is 0.164 e. The molecule has 1 aromatic rings. The Bertz CT molecular complexity index is 403. The zero-order chi connectivity index (χ0) is 15.0. The van der Waals surface area contributed by atoms with E-state index in [1.54, 1.807) is 12.1 Å². The molecule has 1 aromatic carbocycles.